The molecule has 1 heterocycles. The third-order valence-electron chi connectivity index (χ3n) is 4.13. The molecule has 25 heavy (non-hydrogen) atoms. The van der Waals surface area contributed by atoms with Crippen LogP contribution in [0.1, 0.15) is 20.3 Å². The SMILES string of the molecule is CC1(C)CN(S(=O)(=O)c2ccc(NS(C)(=O)=O)cc2F)CCC1N.Cl. The van der Waals surface area contributed by atoms with Crippen LogP contribution in [-0.2, 0) is 20.0 Å². The van der Waals surface area contributed by atoms with E-state index in [1.54, 1.807) is 0 Å². The van der Waals surface area contributed by atoms with Gasteiger partial charge < -0.3 is 5.73 Å². The van der Waals surface area contributed by atoms with Crippen molar-refractivity contribution in [3.63, 3.8) is 0 Å². The molecule has 1 aromatic rings. The van der Waals surface area contributed by atoms with Gasteiger partial charge in [0, 0.05) is 19.1 Å². The van der Waals surface area contributed by atoms with Gasteiger partial charge in [-0.1, -0.05) is 13.8 Å². The van der Waals surface area contributed by atoms with Crippen LogP contribution in [0.25, 0.3) is 0 Å². The standard InChI is InChI=1S/C14H22FN3O4S2.ClH/c1-14(2)9-18(7-6-13(14)16)24(21,22)12-5-4-10(8-11(12)15)17-23(3,19)20;/h4-5,8,13,17H,6-7,9,16H2,1-3H3;1H. The zero-order valence-corrected chi connectivity index (χ0v) is 16.6. The van der Waals surface area contributed by atoms with E-state index in [4.69, 9.17) is 5.73 Å². The summed E-state index contributed by atoms with van der Waals surface area (Å²) in [4.78, 5) is -0.479. The number of nitrogens with one attached hydrogen (secondary N) is 1. The van der Waals surface area contributed by atoms with Gasteiger partial charge in [0.15, 0.2) is 0 Å². The topological polar surface area (TPSA) is 110 Å². The van der Waals surface area contributed by atoms with E-state index in [9.17, 15) is 21.2 Å². The van der Waals surface area contributed by atoms with Gasteiger partial charge >= 0.3 is 0 Å². The van der Waals surface area contributed by atoms with Crippen LogP contribution in [0.5, 0.6) is 0 Å². The predicted molar refractivity (Wildman–Crippen MR) is 97.2 cm³/mol. The molecule has 0 amide bonds. The van der Waals surface area contributed by atoms with Gasteiger partial charge in [0.25, 0.3) is 0 Å². The van der Waals surface area contributed by atoms with Crippen molar-refractivity contribution in [3.05, 3.63) is 24.0 Å². The smallest absolute Gasteiger partial charge is 0.246 e. The highest BCUT2D eigenvalue weighted by molar-refractivity contribution is 7.92. The Balaban J connectivity index is 0.00000312. The molecule has 0 aliphatic carbocycles. The predicted octanol–water partition coefficient (Wildman–Crippen LogP) is 1.37. The third kappa shape index (κ3) is 5.04. The third-order valence-corrected chi connectivity index (χ3v) is 6.61. The van der Waals surface area contributed by atoms with Crippen molar-refractivity contribution < 1.29 is 21.2 Å². The fraction of sp³-hybridized carbons (Fsp3) is 0.571. The van der Waals surface area contributed by atoms with E-state index in [1.807, 2.05) is 13.8 Å². The second kappa shape index (κ2) is 7.36. The highest BCUT2D eigenvalue weighted by Crippen LogP contribution is 2.32. The van der Waals surface area contributed by atoms with E-state index in [0.29, 0.717) is 6.42 Å². The number of benzene rings is 1. The highest BCUT2D eigenvalue weighted by atomic mass is 35.5. The molecule has 0 aromatic heterocycles. The molecule has 0 radical (unpaired) electrons. The average Bonchev–Trinajstić information content (AvgIpc) is 2.39. The van der Waals surface area contributed by atoms with E-state index >= 15 is 0 Å². The summed E-state index contributed by atoms with van der Waals surface area (Å²) in [6, 6.07) is 3.02. The lowest BCUT2D eigenvalue weighted by atomic mass is 9.81. The molecule has 2 rings (SSSR count). The van der Waals surface area contributed by atoms with Crippen LogP contribution in [0, 0.1) is 11.2 Å². The molecule has 1 fully saturated rings. The molecular formula is C14H23ClFN3O4S2. The van der Waals surface area contributed by atoms with Crippen LogP contribution in [0.15, 0.2) is 23.1 Å². The molecule has 1 atom stereocenters. The minimum Gasteiger partial charge on any atom is -0.327 e. The van der Waals surface area contributed by atoms with Crippen LogP contribution < -0.4 is 10.5 Å². The van der Waals surface area contributed by atoms with Gasteiger partial charge in [-0.05, 0) is 30.0 Å². The minimum absolute atomic E-state index is 0. The van der Waals surface area contributed by atoms with Crippen molar-refractivity contribution in [1.29, 1.82) is 0 Å². The maximum absolute atomic E-state index is 14.3. The van der Waals surface area contributed by atoms with Gasteiger partial charge in [0.1, 0.15) is 10.7 Å². The quantitative estimate of drug-likeness (QED) is 0.771. The summed E-state index contributed by atoms with van der Waals surface area (Å²) in [6.07, 6.45) is 1.41. The Morgan fingerprint density at radius 1 is 1.28 bits per heavy atom. The fourth-order valence-electron chi connectivity index (χ4n) is 2.66. The van der Waals surface area contributed by atoms with Crippen LogP contribution in [0.4, 0.5) is 10.1 Å². The largest absolute Gasteiger partial charge is 0.327 e. The van der Waals surface area contributed by atoms with Gasteiger partial charge in [-0.15, -0.1) is 12.4 Å². The molecule has 1 aromatic carbocycles. The summed E-state index contributed by atoms with van der Waals surface area (Å²) in [7, 11) is -7.60. The molecular weight excluding hydrogens is 393 g/mol. The number of anilines is 1. The van der Waals surface area contributed by atoms with Crippen molar-refractivity contribution in [2.75, 3.05) is 24.1 Å². The lowest BCUT2D eigenvalue weighted by Gasteiger charge is -2.41. The summed E-state index contributed by atoms with van der Waals surface area (Å²) in [6.45, 7) is 4.15. The number of nitrogens with zero attached hydrogens (tertiary/aromatic N) is 1. The summed E-state index contributed by atoms with van der Waals surface area (Å²) >= 11 is 0. The van der Waals surface area contributed by atoms with Crippen LogP contribution in [0.2, 0.25) is 0 Å². The first-order chi connectivity index (χ1) is 10.8. The number of sulfonamides is 2. The molecule has 144 valence electrons. The zero-order chi connectivity index (χ0) is 18.3. The second-order valence-corrected chi connectivity index (χ2v) is 10.4. The minimum atomic E-state index is -4.02. The van der Waals surface area contributed by atoms with Gasteiger partial charge in [0.05, 0.1) is 11.9 Å². The van der Waals surface area contributed by atoms with E-state index in [2.05, 4.69) is 4.72 Å². The summed E-state index contributed by atoms with van der Waals surface area (Å²) in [5.41, 5.74) is 5.55. The lowest BCUT2D eigenvalue weighted by molar-refractivity contribution is 0.155. The van der Waals surface area contributed by atoms with Gasteiger partial charge in [0.2, 0.25) is 20.0 Å². The normalized spacial score (nSPS) is 21.4. The first-order valence-electron chi connectivity index (χ1n) is 7.36. The average molecular weight is 416 g/mol. The lowest BCUT2D eigenvalue weighted by Crippen LogP contribution is -2.53. The molecule has 11 heteroatoms. The van der Waals surface area contributed by atoms with E-state index in [-0.39, 0.29) is 37.2 Å². The maximum atomic E-state index is 14.3. The molecule has 1 aliphatic rings. The number of piperidine rings is 1. The Bertz CT molecular complexity index is 844. The number of hydrogen-bond donors (Lipinski definition) is 2. The Morgan fingerprint density at radius 2 is 1.88 bits per heavy atom. The molecule has 0 saturated carbocycles. The molecule has 7 nitrogen and oxygen atoms in total. The van der Waals surface area contributed by atoms with Crippen LogP contribution in [0.3, 0.4) is 0 Å². The summed E-state index contributed by atoms with van der Waals surface area (Å²) < 4.78 is 65.4. The fourth-order valence-corrected chi connectivity index (χ4v) is 4.88. The first-order valence-corrected chi connectivity index (χ1v) is 10.7. The Kier molecular flexibility index (Phi) is 6.50. The van der Waals surface area contributed by atoms with Gasteiger partial charge in [-0.2, -0.15) is 4.31 Å². The molecule has 0 spiro atoms. The molecule has 1 aliphatic heterocycles. The molecule has 3 N–H and O–H groups in total. The Labute approximate surface area is 154 Å². The van der Waals surface area contributed by atoms with Crippen molar-refractivity contribution in [2.24, 2.45) is 11.1 Å². The molecule has 0 bridgehead atoms. The number of halogens is 2. The van der Waals surface area contributed by atoms with Crippen molar-refractivity contribution in [3.8, 4) is 0 Å². The zero-order valence-electron chi connectivity index (χ0n) is 14.2. The number of rotatable bonds is 4. The molecule has 1 saturated heterocycles. The van der Waals surface area contributed by atoms with Crippen molar-refractivity contribution >= 4 is 38.1 Å². The van der Waals surface area contributed by atoms with E-state index < -0.39 is 36.2 Å². The Morgan fingerprint density at radius 3 is 2.36 bits per heavy atom. The summed E-state index contributed by atoms with van der Waals surface area (Å²) in [5.74, 6) is -1.00. The van der Waals surface area contributed by atoms with Gasteiger partial charge in [-0.25, -0.2) is 21.2 Å². The second-order valence-electron chi connectivity index (χ2n) is 6.74. The van der Waals surface area contributed by atoms with Crippen molar-refractivity contribution in [1.82, 2.24) is 4.31 Å². The number of hydrogen-bond acceptors (Lipinski definition) is 5. The van der Waals surface area contributed by atoms with Crippen molar-refractivity contribution in [2.45, 2.75) is 31.2 Å². The van der Waals surface area contributed by atoms with Crippen LogP contribution in [-0.4, -0.2) is 46.5 Å². The molecule has 1 unspecified atom stereocenters. The Hall–Kier alpha value is -0.940. The van der Waals surface area contributed by atoms with Crippen LogP contribution >= 0.6 is 12.4 Å². The monoisotopic (exact) mass is 415 g/mol. The first kappa shape index (κ1) is 22.1. The maximum Gasteiger partial charge on any atom is 0.246 e. The number of nitrogens with two attached hydrogens (primary N) is 1. The van der Waals surface area contributed by atoms with Gasteiger partial charge in [-0.3, -0.25) is 4.72 Å². The van der Waals surface area contributed by atoms with E-state index in [0.717, 1.165) is 18.4 Å². The highest BCUT2D eigenvalue weighted by Gasteiger charge is 2.39. The summed E-state index contributed by atoms with van der Waals surface area (Å²) in [5, 5.41) is 0. The van der Waals surface area contributed by atoms with E-state index in [1.165, 1.54) is 10.4 Å².